The van der Waals surface area contributed by atoms with Gasteiger partial charge in [-0.05, 0) is 61.4 Å². The van der Waals surface area contributed by atoms with Crippen LogP contribution < -0.4 is 15.0 Å². The van der Waals surface area contributed by atoms with Crippen LogP contribution in [0.2, 0.25) is 0 Å². The van der Waals surface area contributed by atoms with E-state index in [-0.39, 0.29) is 10.4 Å². The number of fused-ring (bicyclic) bond motifs is 1. The van der Waals surface area contributed by atoms with E-state index >= 15 is 0 Å². The van der Waals surface area contributed by atoms with Crippen molar-refractivity contribution in [2.45, 2.75) is 37.8 Å². The van der Waals surface area contributed by atoms with E-state index in [0.717, 1.165) is 42.1 Å². The second-order valence-corrected chi connectivity index (χ2v) is 11.9. The zero-order chi connectivity index (χ0) is 29.9. The van der Waals surface area contributed by atoms with Gasteiger partial charge in [0.2, 0.25) is 10.0 Å². The summed E-state index contributed by atoms with van der Waals surface area (Å²) in [7, 11) is -3.73. The highest BCUT2D eigenvalue weighted by Crippen LogP contribution is 2.34. The lowest BCUT2D eigenvalue weighted by molar-refractivity contribution is -0.137. The Morgan fingerprint density at radius 2 is 1.64 bits per heavy atom. The lowest BCUT2D eigenvalue weighted by Gasteiger charge is -2.35. The average molecular weight is 600 g/mol. The summed E-state index contributed by atoms with van der Waals surface area (Å²) in [6.07, 6.45) is 0.354. The molecular weight excluding hydrogens is 567 g/mol. The molecule has 0 spiro atoms. The van der Waals surface area contributed by atoms with Gasteiger partial charge >= 0.3 is 6.18 Å². The second-order valence-electron chi connectivity index (χ2n) is 9.94. The lowest BCUT2D eigenvalue weighted by Crippen LogP contribution is -2.49. The summed E-state index contributed by atoms with van der Waals surface area (Å²) in [5, 5.41) is 3.68. The first-order chi connectivity index (χ1) is 20.1. The largest absolute Gasteiger partial charge is 0.493 e. The topological polar surface area (TPSA) is 87.7 Å². The van der Waals surface area contributed by atoms with Gasteiger partial charge in [0.05, 0.1) is 22.6 Å². The smallest absolute Gasteiger partial charge is 0.416 e. The van der Waals surface area contributed by atoms with Crippen LogP contribution in [0.25, 0.3) is 10.9 Å². The van der Waals surface area contributed by atoms with Crippen molar-refractivity contribution in [1.82, 2.24) is 14.3 Å². The third-order valence-electron chi connectivity index (χ3n) is 7.18. The molecule has 1 fully saturated rings. The van der Waals surface area contributed by atoms with Gasteiger partial charge in [-0.15, -0.1) is 0 Å². The van der Waals surface area contributed by atoms with E-state index in [4.69, 9.17) is 4.74 Å². The number of aromatic nitrogens is 2. The first-order valence-electron chi connectivity index (χ1n) is 13.8. The monoisotopic (exact) mass is 599 g/mol. The minimum Gasteiger partial charge on any atom is -0.493 e. The van der Waals surface area contributed by atoms with Crippen LogP contribution in [0.1, 0.15) is 31.4 Å². The number of anilines is 3. The highest BCUT2D eigenvalue weighted by molar-refractivity contribution is 7.89. The molecule has 0 bridgehead atoms. The van der Waals surface area contributed by atoms with Crippen LogP contribution in [-0.2, 0) is 22.6 Å². The molecule has 0 aliphatic carbocycles. The Morgan fingerprint density at radius 1 is 0.929 bits per heavy atom. The average Bonchev–Trinajstić information content (AvgIpc) is 2.99. The van der Waals surface area contributed by atoms with Gasteiger partial charge < -0.3 is 15.0 Å². The summed E-state index contributed by atoms with van der Waals surface area (Å²) >= 11 is 0. The molecule has 3 heterocycles. The molecule has 1 aliphatic rings. The Hall–Kier alpha value is -3.90. The van der Waals surface area contributed by atoms with E-state index in [1.54, 1.807) is 24.4 Å². The molecule has 1 saturated heterocycles. The van der Waals surface area contributed by atoms with E-state index < -0.39 is 21.8 Å². The highest BCUT2D eigenvalue weighted by Gasteiger charge is 2.31. The van der Waals surface area contributed by atoms with E-state index in [1.807, 2.05) is 6.07 Å². The highest BCUT2D eigenvalue weighted by atomic mass is 32.2. The van der Waals surface area contributed by atoms with Gasteiger partial charge in [-0.3, -0.25) is 4.98 Å². The van der Waals surface area contributed by atoms with Gasteiger partial charge in [-0.1, -0.05) is 19.9 Å². The van der Waals surface area contributed by atoms with Crippen molar-refractivity contribution < 1.29 is 26.3 Å². The number of rotatable bonds is 9. The van der Waals surface area contributed by atoms with Crippen molar-refractivity contribution in [3.63, 3.8) is 0 Å². The SMILES string of the molecule is CCCOc1ccnc(N2CCN(S(=O)(=O)c3ccc(Nc4ccnc5cc(C(F)(F)F)ccc45)cc3)CC2)c1CC. The molecule has 2 aromatic carbocycles. The van der Waals surface area contributed by atoms with Crippen LogP contribution in [-0.4, -0.2) is 55.5 Å². The molecule has 42 heavy (non-hydrogen) atoms. The zero-order valence-corrected chi connectivity index (χ0v) is 24.2. The van der Waals surface area contributed by atoms with Crippen LogP contribution in [0.4, 0.5) is 30.4 Å². The van der Waals surface area contributed by atoms with Crippen molar-refractivity contribution in [2.24, 2.45) is 0 Å². The molecule has 1 aliphatic heterocycles. The maximum atomic E-state index is 13.4. The molecule has 0 atom stereocenters. The maximum absolute atomic E-state index is 13.4. The summed E-state index contributed by atoms with van der Waals surface area (Å²) in [6.45, 7) is 6.37. The molecular formula is C30H32F3N5O3S. The molecule has 8 nitrogen and oxygen atoms in total. The van der Waals surface area contributed by atoms with Crippen molar-refractivity contribution in [1.29, 1.82) is 0 Å². The standard InChI is InChI=1S/C30H32F3N5O3S/c1-3-19-41-28-12-14-35-29(24(28)4-2)37-15-17-38(18-16-37)42(39,40)23-8-6-22(7-9-23)36-26-11-13-34-27-20-21(30(31,32)33)5-10-25(26)27/h5-14,20H,3-4,15-19H2,1-2H3,(H,34,36). The molecule has 0 amide bonds. The molecule has 4 aromatic rings. The third-order valence-corrected chi connectivity index (χ3v) is 9.10. The lowest BCUT2D eigenvalue weighted by atomic mass is 10.1. The third kappa shape index (κ3) is 6.14. The number of benzene rings is 2. The van der Waals surface area contributed by atoms with Crippen molar-refractivity contribution in [3.05, 3.63) is 78.1 Å². The predicted molar refractivity (Wildman–Crippen MR) is 157 cm³/mol. The number of nitrogens with one attached hydrogen (secondary N) is 1. The Morgan fingerprint density at radius 3 is 2.31 bits per heavy atom. The number of alkyl halides is 3. The number of nitrogens with zero attached hydrogens (tertiary/aromatic N) is 4. The van der Waals surface area contributed by atoms with Gasteiger partial charge in [0.25, 0.3) is 0 Å². The van der Waals surface area contributed by atoms with E-state index in [1.165, 1.54) is 28.7 Å². The normalized spacial score (nSPS) is 14.7. The van der Waals surface area contributed by atoms with E-state index in [9.17, 15) is 21.6 Å². The minimum atomic E-state index is -4.46. The van der Waals surface area contributed by atoms with Gasteiger partial charge in [0, 0.05) is 60.9 Å². The Kier molecular flexibility index (Phi) is 8.55. The van der Waals surface area contributed by atoms with E-state index in [2.05, 4.69) is 34.0 Å². The molecule has 1 N–H and O–H groups in total. The zero-order valence-electron chi connectivity index (χ0n) is 23.4. The van der Waals surface area contributed by atoms with Crippen LogP contribution in [0.15, 0.2) is 71.9 Å². The van der Waals surface area contributed by atoms with Crippen molar-refractivity contribution in [2.75, 3.05) is 43.0 Å². The molecule has 2 aromatic heterocycles. The van der Waals surface area contributed by atoms with Crippen LogP contribution >= 0.6 is 0 Å². The maximum Gasteiger partial charge on any atom is 0.416 e. The molecule has 5 rings (SSSR count). The number of hydrogen-bond donors (Lipinski definition) is 1. The number of hydrogen-bond acceptors (Lipinski definition) is 7. The molecule has 222 valence electrons. The molecule has 0 unspecified atom stereocenters. The van der Waals surface area contributed by atoms with Crippen molar-refractivity contribution in [3.8, 4) is 5.75 Å². The molecule has 0 saturated carbocycles. The van der Waals surface area contributed by atoms with Gasteiger partial charge in [-0.25, -0.2) is 13.4 Å². The molecule has 12 heteroatoms. The summed E-state index contributed by atoms with van der Waals surface area (Å²) in [5.74, 6) is 1.65. The van der Waals surface area contributed by atoms with Crippen molar-refractivity contribution >= 4 is 38.1 Å². The quantitative estimate of drug-likeness (QED) is 0.243. The number of pyridine rings is 2. The van der Waals surface area contributed by atoms with Gasteiger partial charge in [0.15, 0.2) is 0 Å². The number of ether oxygens (including phenoxy) is 1. The van der Waals surface area contributed by atoms with Crippen LogP contribution in [0.5, 0.6) is 5.75 Å². The fraction of sp³-hybridized carbons (Fsp3) is 0.333. The number of sulfonamides is 1. The number of piperazine rings is 1. The van der Waals surface area contributed by atoms with Gasteiger partial charge in [-0.2, -0.15) is 17.5 Å². The first-order valence-corrected chi connectivity index (χ1v) is 15.2. The summed E-state index contributed by atoms with van der Waals surface area (Å²) in [6, 6.07) is 13.3. The minimum absolute atomic E-state index is 0.165. The second kappa shape index (κ2) is 12.1. The Bertz CT molecular complexity index is 1660. The Labute approximate surface area is 243 Å². The van der Waals surface area contributed by atoms with Crippen LogP contribution in [0.3, 0.4) is 0 Å². The predicted octanol–water partition coefficient (Wildman–Crippen LogP) is 6.25. The van der Waals surface area contributed by atoms with Crippen LogP contribution in [0, 0.1) is 0 Å². The fourth-order valence-corrected chi connectivity index (χ4v) is 6.43. The fourth-order valence-electron chi connectivity index (χ4n) is 5.00. The van der Waals surface area contributed by atoms with E-state index in [0.29, 0.717) is 49.5 Å². The van der Waals surface area contributed by atoms with Gasteiger partial charge in [0.1, 0.15) is 11.6 Å². The summed E-state index contributed by atoms with van der Waals surface area (Å²) in [4.78, 5) is 10.9. The summed E-state index contributed by atoms with van der Waals surface area (Å²) < 4.78 is 73.6. The number of halogens is 3. The summed E-state index contributed by atoms with van der Waals surface area (Å²) in [5.41, 5.74) is 1.61. The first kappa shape index (κ1) is 29.6. The Balaban J connectivity index is 1.27. The molecule has 0 radical (unpaired) electrons.